The Morgan fingerprint density at radius 2 is 1.68 bits per heavy atom. The van der Waals surface area contributed by atoms with Crippen molar-refractivity contribution in [2.45, 2.75) is 18.9 Å². The second-order valence-electron chi connectivity index (χ2n) is 7.95. The number of anilines is 2. The highest BCUT2D eigenvalue weighted by Gasteiger charge is 2.30. The Morgan fingerprint density at radius 3 is 2.26 bits per heavy atom. The number of piperidine rings is 1. The lowest BCUT2D eigenvalue weighted by molar-refractivity contribution is -0.385. The van der Waals surface area contributed by atoms with Crippen LogP contribution < -0.4 is 14.5 Å². The summed E-state index contributed by atoms with van der Waals surface area (Å²) in [4.78, 5) is 17.4. The number of nitro benzene ring substituents is 1. The Balaban J connectivity index is 1.34. The predicted molar refractivity (Wildman–Crippen MR) is 123 cm³/mol. The molecule has 0 radical (unpaired) electrons. The van der Waals surface area contributed by atoms with E-state index in [2.05, 4.69) is 50.0 Å². The maximum Gasteiger partial charge on any atom is 0.313 e. The Kier molecular flexibility index (Phi) is 6.62. The topological polar surface area (TPSA) is 62.1 Å². The zero-order chi connectivity index (χ0) is 22.0. The van der Waals surface area contributed by atoms with Crippen LogP contribution in [0.15, 0.2) is 40.9 Å². The van der Waals surface area contributed by atoms with Crippen molar-refractivity contribution in [3.63, 3.8) is 0 Å². The molecule has 31 heavy (non-hydrogen) atoms. The van der Waals surface area contributed by atoms with Gasteiger partial charge in [-0.05, 0) is 37.1 Å². The molecular weight excluding hydrogens is 467 g/mol. The lowest BCUT2D eigenvalue weighted by atomic mass is 10.0. The summed E-state index contributed by atoms with van der Waals surface area (Å²) in [6.07, 6.45) is 1.88. The fourth-order valence-electron chi connectivity index (χ4n) is 4.55. The summed E-state index contributed by atoms with van der Waals surface area (Å²) in [6.45, 7) is 5.46. The number of halogens is 2. The number of rotatable bonds is 5. The van der Waals surface area contributed by atoms with E-state index in [1.54, 1.807) is 0 Å². The number of hydrogen-bond acceptors (Lipinski definition) is 6. The van der Waals surface area contributed by atoms with Gasteiger partial charge in [-0.2, -0.15) is 0 Å². The van der Waals surface area contributed by atoms with Crippen LogP contribution in [0.3, 0.4) is 0 Å². The number of nitro groups is 1. The molecule has 0 spiro atoms. The molecule has 2 aliphatic heterocycles. The van der Waals surface area contributed by atoms with Crippen molar-refractivity contribution in [1.82, 2.24) is 4.90 Å². The summed E-state index contributed by atoms with van der Waals surface area (Å²) in [5.41, 5.74) is 1.28. The highest BCUT2D eigenvalue weighted by molar-refractivity contribution is 9.10. The number of nitrogens with zero attached hydrogens (tertiary/aromatic N) is 4. The summed E-state index contributed by atoms with van der Waals surface area (Å²) in [6, 6.07) is 11.3. The zero-order valence-electron chi connectivity index (χ0n) is 17.5. The van der Waals surface area contributed by atoms with Crippen LogP contribution in [0.25, 0.3) is 0 Å². The van der Waals surface area contributed by atoms with Gasteiger partial charge in [0.2, 0.25) is 0 Å². The predicted octanol–water partition coefficient (Wildman–Crippen LogP) is 4.30. The molecule has 2 fully saturated rings. The Hall–Kier alpha value is -2.39. The van der Waals surface area contributed by atoms with Crippen LogP contribution in [0.5, 0.6) is 5.75 Å². The van der Waals surface area contributed by atoms with Crippen molar-refractivity contribution in [3.05, 3.63) is 56.8 Å². The fourth-order valence-corrected chi connectivity index (χ4v) is 4.81. The van der Waals surface area contributed by atoms with E-state index in [9.17, 15) is 14.5 Å². The van der Waals surface area contributed by atoms with E-state index in [0.29, 0.717) is 11.7 Å². The molecule has 0 unspecified atom stereocenters. The van der Waals surface area contributed by atoms with Crippen molar-refractivity contribution >= 4 is 33.0 Å². The van der Waals surface area contributed by atoms with Crippen LogP contribution in [0.4, 0.5) is 21.5 Å². The number of methoxy groups -OCH3 is 1. The highest BCUT2D eigenvalue weighted by Crippen LogP contribution is 2.35. The van der Waals surface area contributed by atoms with Gasteiger partial charge in [0.1, 0.15) is 0 Å². The van der Waals surface area contributed by atoms with Gasteiger partial charge in [-0.1, -0.05) is 15.9 Å². The van der Waals surface area contributed by atoms with Gasteiger partial charge in [0.05, 0.1) is 23.8 Å². The van der Waals surface area contributed by atoms with Gasteiger partial charge in [-0.15, -0.1) is 0 Å². The van der Waals surface area contributed by atoms with Gasteiger partial charge >= 0.3 is 5.69 Å². The van der Waals surface area contributed by atoms with Gasteiger partial charge in [0, 0.05) is 61.5 Å². The minimum atomic E-state index is -0.619. The van der Waals surface area contributed by atoms with Gasteiger partial charge < -0.3 is 14.5 Å². The Bertz CT molecular complexity index is 927. The van der Waals surface area contributed by atoms with E-state index in [1.807, 2.05) is 4.90 Å². The molecule has 0 aliphatic carbocycles. The average Bonchev–Trinajstić information content (AvgIpc) is 2.79. The van der Waals surface area contributed by atoms with Crippen LogP contribution in [-0.2, 0) is 0 Å². The standard InChI is InChI=1S/C22H26BrFN4O3/c1-31-22-15-20(19(24)14-21(22)28(29)30)27-8-6-18(7-9-27)26-12-10-25(11-13-26)17-4-2-16(23)3-5-17/h2-5,14-15,18H,6-13H2,1H3. The van der Waals surface area contributed by atoms with Crippen molar-refractivity contribution in [3.8, 4) is 5.75 Å². The summed E-state index contributed by atoms with van der Waals surface area (Å²) in [5, 5.41) is 11.1. The zero-order valence-corrected chi connectivity index (χ0v) is 19.1. The first-order valence-electron chi connectivity index (χ1n) is 10.5. The second-order valence-corrected chi connectivity index (χ2v) is 8.87. The number of hydrogen-bond donors (Lipinski definition) is 0. The minimum absolute atomic E-state index is 0.0904. The summed E-state index contributed by atoms with van der Waals surface area (Å²) >= 11 is 3.48. The molecular formula is C22H26BrFN4O3. The third-order valence-electron chi connectivity index (χ3n) is 6.27. The molecule has 7 nitrogen and oxygen atoms in total. The average molecular weight is 493 g/mol. The molecule has 0 bridgehead atoms. The molecule has 0 saturated carbocycles. The quantitative estimate of drug-likeness (QED) is 0.458. The maximum atomic E-state index is 14.6. The highest BCUT2D eigenvalue weighted by atomic mass is 79.9. The molecule has 2 heterocycles. The third-order valence-corrected chi connectivity index (χ3v) is 6.80. The minimum Gasteiger partial charge on any atom is -0.490 e. The molecule has 2 aromatic carbocycles. The molecule has 4 rings (SSSR count). The first-order valence-corrected chi connectivity index (χ1v) is 11.3. The molecule has 0 atom stereocenters. The number of piperazine rings is 1. The summed E-state index contributed by atoms with van der Waals surface area (Å²) < 4.78 is 20.8. The van der Waals surface area contributed by atoms with Crippen molar-refractivity contribution in [2.75, 3.05) is 56.2 Å². The molecule has 2 aromatic rings. The molecule has 0 amide bonds. The van der Waals surface area contributed by atoms with Crippen LogP contribution in [-0.4, -0.2) is 62.2 Å². The molecule has 2 aliphatic rings. The Labute approximate surface area is 189 Å². The van der Waals surface area contributed by atoms with E-state index in [1.165, 1.54) is 18.9 Å². The maximum absolute atomic E-state index is 14.6. The van der Waals surface area contributed by atoms with E-state index in [-0.39, 0.29) is 11.4 Å². The van der Waals surface area contributed by atoms with Gasteiger partial charge in [0.25, 0.3) is 0 Å². The van der Waals surface area contributed by atoms with Crippen LogP contribution in [0, 0.1) is 15.9 Å². The van der Waals surface area contributed by atoms with Gasteiger partial charge in [0.15, 0.2) is 11.6 Å². The molecule has 9 heteroatoms. The molecule has 0 N–H and O–H groups in total. The van der Waals surface area contributed by atoms with Crippen LogP contribution in [0.2, 0.25) is 0 Å². The van der Waals surface area contributed by atoms with Crippen LogP contribution >= 0.6 is 15.9 Å². The van der Waals surface area contributed by atoms with Gasteiger partial charge in [-0.25, -0.2) is 4.39 Å². The fraction of sp³-hybridized carbons (Fsp3) is 0.455. The lowest BCUT2D eigenvalue weighted by Gasteiger charge is -2.43. The summed E-state index contributed by atoms with van der Waals surface area (Å²) in [7, 11) is 1.37. The summed E-state index contributed by atoms with van der Waals surface area (Å²) in [5.74, 6) is -0.485. The molecule has 2 saturated heterocycles. The molecule has 166 valence electrons. The van der Waals surface area contributed by atoms with E-state index in [4.69, 9.17) is 4.74 Å². The normalized spacial score (nSPS) is 18.3. The lowest BCUT2D eigenvalue weighted by Crippen LogP contribution is -2.53. The van der Waals surface area contributed by atoms with Gasteiger partial charge in [-0.3, -0.25) is 15.0 Å². The third kappa shape index (κ3) is 4.77. The van der Waals surface area contributed by atoms with Crippen LogP contribution in [0.1, 0.15) is 12.8 Å². The number of ether oxygens (including phenoxy) is 1. The molecule has 0 aromatic heterocycles. The largest absolute Gasteiger partial charge is 0.490 e. The van der Waals surface area contributed by atoms with E-state index in [0.717, 1.165) is 62.6 Å². The van der Waals surface area contributed by atoms with E-state index >= 15 is 0 Å². The first kappa shape index (κ1) is 21.8. The van der Waals surface area contributed by atoms with Crippen molar-refractivity contribution in [1.29, 1.82) is 0 Å². The van der Waals surface area contributed by atoms with Crippen molar-refractivity contribution in [2.24, 2.45) is 0 Å². The first-order chi connectivity index (χ1) is 15.0. The SMILES string of the molecule is COc1cc(N2CCC(N3CCN(c4ccc(Br)cc4)CC3)CC2)c(F)cc1[N+](=O)[O-]. The monoisotopic (exact) mass is 492 g/mol. The van der Waals surface area contributed by atoms with Crippen molar-refractivity contribution < 1.29 is 14.1 Å². The smallest absolute Gasteiger partial charge is 0.313 e. The Morgan fingerprint density at radius 1 is 1.03 bits per heavy atom. The second kappa shape index (κ2) is 9.40. The van der Waals surface area contributed by atoms with E-state index < -0.39 is 10.7 Å². The number of benzene rings is 2.